The van der Waals surface area contributed by atoms with E-state index in [1.54, 1.807) is 26.0 Å². The number of hydrogen-bond donors (Lipinski definition) is 3. The van der Waals surface area contributed by atoms with Crippen molar-refractivity contribution in [3.8, 4) is 0 Å². The molecular weight excluding hydrogens is 314 g/mol. The number of anilines is 1. The minimum absolute atomic E-state index is 0.0207. The fraction of sp³-hybridized carbons (Fsp3) is 0.375. The molecule has 130 valence electrons. The average molecular weight is 335 g/mol. The van der Waals surface area contributed by atoms with Gasteiger partial charge in [0, 0.05) is 18.7 Å². The Morgan fingerprint density at radius 2 is 1.67 bits per heavy atom. The Morgan fingerprint density at radius 3 is 2.21 bits per heavy atom. The largest absolute Gasteiger partial charge is 0.452 e. The summed E-state index contributed by atoms with van der Waals surface area (Å²) in [6.45, 7) is 4.32. The number of ether oxygens (including phenoxy) is 1. The van der Waals surface area contributed by atoms with Crippen LogP contribution < -0.4 is 16.0 Å². The van der Waals surface area contributed by atoms with E-state index in [1.165, 1.54) is 19.1 Å². The molecule has 1 aromatic rings. The van der Waals surface area contributed by atoms with Gasteiger partial charge in [0.2, 0.25) is 11.8 Å². The van der Waals surface area contributed by atoms with Gasteiger partial charge in [-0.2, -0.15) is 0 Å². The monoisotopic (exact) mass is 335 g/mol. The number of rotatable bonds is 7. The maximum atomic E-state index is 11.8. The lowest BCUT2D eigenvalue weighted by atomic mass is 10.2. The summed E-state index contributed by atoms with van der Waals surface area (Å²) in [5, 5.41) is 7.53. The molecule has 3 amide bonds. The molecule has 0 bridgehead atoms. The molecule has 0 atom stereocenters. The standard InChI is InChI=1S/C16H21N3O5/c1-10(2)18-14(21)8-17-15(22)9-24-16(23)12-4-6-13(7-5-12)19-11(3)20/h4-7,10H,8-9H2,1-3H3,(H,17,22)(H,18,21)(H,19,20). The van der Waals surface area contributed by atoms with Crippen molar-refractivity contribution in [1.82, 2.24) is 10.6 Å². The molecule has 0 aliphatic rings. The highest BCUT2D eigenvalue weighted by Crippen LogP contribution is 2.10. The summed E-state index contributed by atoms with van der Waals surface area (Å²) in [5.74, 6) is -1.79. The third-order valence-electron chi connectivity index (χ3n) is 2.67. The smallest absolute Gasteiger partial charge is 0.338 e. The average Bonchev–Trinajstić information content (AvgIpc) is 2.50. The number of hydrogen-bond acceptors (Lipinski definition) is 5. The van der Waals surface area contributed by atoms with E-state index in [0.29, 0.717) is 5.69 Å². The van der Waals surface area contributed by atoms with Gasteiger partial charge in [0.05, 0.1) is 12.1 Å². The van der Waals surface area contributed by atoms with Crippen molar-refractivity contribution in [3.63, 3.8) is 0 Å². The molecule has 1 rings (SSSR count). The molecule has 0 heterocycles. The zero-order chi connectivity index (χ0) is 18.1. The SMILES string of the molecule is CC(=O)Nc1ccc(C(=O)OCC(=O)NCC(=O)NC(C)C)cc1. The Balaban J connectivity index is 2.38. The maximum Gasteiger partial charge on any atom is 0.338 e. The lowest BCUT2D eigenvalue weighted by molar-refractivity contribution is -0.128. The molecule has 8 nitrogen and oxygen atoms in total. The van der Waals surface area contributed by atoms with E-state index >= 15 is 0 Å². The molecule has 3 N–H and O–H groups in total. The molecule has 0 aliphatic heterocycles. The van der Waals surface area contributed by atoms with E-state index in [1.807, 2.05) is 0 Å². The van der Waals surface area contributed by atoms with E-state index in [0.717, 1.165) is 0 Å². The normalized spacial score (nSPS) is 10.0. The zero-order valence-corrected chi connectivity index (χ0v) is 13.8. The second-order valence-electron chi connectivity index (χ2n) is 5.33. The van der Waals surface area contributed by atoms with Gasteiger partial charge in [-0.05, 0) is 38.1 Å². The van der Waals surface area contributed by atoms with Crippen LogP contribution in [0.2, 0.25) is 0 Å². The first kappa shape index (κ1) is 19.1. The van der Waals surface area contributed by atoms with Gasteiger partial charge < -0.3 is 20.7 Å². The predicted octanol–water partition coefficient (Wildman–Crippen LogP) is 0.443. The van der Waals surface area contributed by atoms with Crippen LogP contribution in [0.5, 0.6) is 0 Å². The molecule has 24 heavy (non-hydrogen) atoms. The van der Waals surface area contributed by atoms with E-state index in [4.69, 9.17) is 4.74 Å². The first-order chi connectivity index (χ1) is 11.3. The van der Waals surface area contributed by atoms with Crippen LogP contribution >= 0.6 is 0 Å². The Labute approximate surface area is 139 Å². The zero-order valence-electron chi connectivity index (χ0n) is 13.8. The summed E-state index contributed by atoms with van der Waals surface area (Å²) < 4.78 is 4.85. The summed E-state index contributed by atoms with van der Waals surface area (Å²) in [5.41, 5.74) is 0.794. The van der Waals surface area contributed by atoms with Crippen LogP contribution in [0, 0.1) is 0 Å². The number of nitrogens with one attached hydrogen (secondary N) is 3. The van der Waals surface area contributed by atoms with Crippen LogP contribution in [0.4, 0.5) is 5.69 Å². The highest BCUT2D eigenvalue weighted by atomic mass is 16.5. The van der Waals surface area contributed by atoms with Gasteiger partial charge in [0.1, 0.15) is 0 Å². The second-order valence-corrected chi connectivity index (χ2v) is 5.33. The van der Waals surface area contributed by atoms with Crippen molar-refractivity contribution in [3.05, 3.63) is 29.8 Å². The van der Waals surface area contributed by atoms with Crippen LogP contribution in [0.3, 0.4) is 0 Å². The van der Waals surface area contributed by atoms with Gasteiger partial charge >= 0.3 is 5.97 Å². The third-order valence-corrected chi connectivity index (χ3v) is 2.67. The highest BCUT2D eigenvalue weighted by molar-refractivity contribution is 5.93. The summed E-state index contributed by atoms with van der Waals surface area (Å²) >= 11 is 0. The number of carbonyl (C=O) groups is 4. The minimum Gasteiger partial charge on any atom is -0.452 e. The molecule has 0 aliphatic carbocycles. The lowest BCUT2D eigenvalue weighted by Gasteiger charge is -2.09. The molecule has 0 fully saturated rings. The Bertz CT molecular complexity index is 611. The molecule has 0 aromatic heterocycles. The van der Waals surface area contributed by atoms with E-state index in [-0.39, 0.29) is 30.0 Å². The molecule has 0 saturated heterocycles. The highest BCUT2D eigenvalue weighted by Gasteiger charge is 2.11. The number of esters is 1. The molecule has 0 saturated carbocycles. The Hall–Kier alpha value is -2.90. The minimum atomic E-state index is -0.675. The molecule has 0 spiro atoms. The van der Waals surface area contributed by atoms with Crippen molar-refractivity contribution in [2.45, 2.75) is 26.8 Å². The van der Waals surface area contributed by atoms with Crippen LogP contribution in [0.1, 0.15) is 31.1 Å². The van der Waals surface area contributed by atoms with Crippen molar-refractivity contribution < 1.29 is 23.9 Å². The molecular formula is C16H21N3O5. The summed E-state index contributed by atoms with van der Waals surface area (Å²) in [7, 11) is 0. The van der Waals surface area contributed by atoms with Crippen LogP contribution in [-0.2, 0) is 19.1 Å². The van der Waals surface area contributed by atoms with Gasteiger partial charge in [-0.25, -0.2) is 4.79 Å². The summed E-state index contributed by atoms with van der Waals surface area (Å²) in [6.07, 6.45) is 0. The summed E-state index contributed by atoms with van der Waals surface area (Å²) in [4.78, 5) is 45.6. The number of carbonyl (C=O) groups excluding carboxylic acids is 4. The molecule has 8 heteroatoms. The third kappa shape index (κ3) is 7.39. The van der Waals surface area contributed by atoms with Crippen LogP contribution in [0.15, 0.2) is 24.3 Å². The van der Waals surface area contributed by atoms with Crippen LogP contribution in [-0.4, -0.2) is 42.9 Å². The van der Waals surface area contributed by atoms with Crippen molar-refractivity contribution in [2.24, 2.45) is 0 Å². The van der Waals surface area contributed by atoms with Crippen molar-refractivity contribution >= 4 is 29.4 Å². The number of benzene rings is 1. The lowest BCUT2D eigenvalue weighted by Crippen LogP contribution is -2.41. The first-order valence-electron chi connectivity index (χ1n) is 7.38. The van der Waals surface area contributed by atoms with Gasteiger partial charge in [-0.1, -0.05) is 0 Å². The van der Waals surface area contributed by atoms with E-state index in [2.05, 4.69) is 16.0 Å². The van der Waals surface area contributed by atoms with Gasteiger partial charge in [-0.15, -0.1) is 0 Å². The Morgan fingerprint density at radius 1 is 1.04 bits per heavy atom. The van der Waals surface area contributed by atoms with Gasteiger partial charge in [0.25, 0.3) is 5.91 Å². The fourth-order valence-corrected chi connectivity index (χ4v) is 1.71. The van der Waals surface area contributed by atoms with Crippen molar-refractivity contribution in [2.75, 3.05) is 18.5 Å². The fourth-order valence-electron chi connectivity index (χ4n) is 1.71. The summed E-state index contributed by atoms with van der Waals surface area (Å²) in [6, 6.07) is 6.03. The van der Waals surface area contributed by atoms with Gasteiger partial charge in [0.15, 0.2) is 6.61 Å². The second kappa shape index (κ2) is 9.29. The van der Waals surface area contributed by atoms with Crippen molar-refractivity contribution in [1.29, 1.82) is 0 Å². The first-order valence-corrected chi connectivity index (χ1v) is 7.38. The van der Waals surface area contributed by atoms with E-state index < -0.39 is 18.5 Å². The maximum absolute atomic E-state index is 11.8. The molecule has 0 radical (unpaired) electrons. The van der Waals surface area contributed by atoms with E-state index in [9.17, 15) is 19.2 Å². The molecule has 1 aromatic carbocycles. The quantitative estimate of drug-likeness (QED) is 0.626. The van der Waals surface area contributed by atoms with Crippen LogP contribution in [0.25, 0.3) is 0 Å². The number of amides is 3. The topological polar surface area (TPSA) is 114 Å². The Kier molecular flexibility index (Phi) is 7.41. The molecule has 0 unspecified atom stereocenters. The predicted molar refractivity (Wildman–Crippen MR) is 87.3 cm³/mol. The van der Waals surface area contributed by atoms with Gasteiger partial charge in [-0.3, -0.25) is 14.4 Å².